The van der Waals surface area contributed by atoms with Crippen LogP contribution in [-0.4, -0.2) is 29.5 Å². The molecule has 1 aliphatic rings. The number of fused-ring (bicyclic) bond motifs is 1. The molecule has 0 amide bonds. The van der Waals surface area contributed by atoms with Gasteiger partial charge < -0.3 is 16.0 Å². The third kappa shape index (κ3) is 2.74. The average Bonchev–Trinajstić information content (AvgIpc) is 3.41. The van der Waals surface area contributed by atoms with Gasteiger partial charge in [0.2, 0.25) is 11.9 Å². The van der Waals surface area contributed by atoms with Crippen molar-refractivity contribution in [2.24, 2.45) is 0 Å². The Balaban J connectivity index is 1.83. The Bertz CT molecular complexity index is 1180. The molecular formula is C18H15ClN8. The van der Waals surface area contributed by atoms with E-state index in [0.29, 0.717) is 39.4 Å². The Morgan fingerprint density at radius 3 is 2.59 bits per heavy atom. The van der Waals surface area contributed by atoms with Gasteiger partial charge >= 0.3 is 0 Å². The number of nitrogens with two attached hydrogens (primary N) is 2. The fourth-order valence-corrected chi connectivity index (χ4v) is 3.38. The summed E-state index contributed by atoms with van der Waals surface area (Å²) in [6.45, 7) is 0. The van der Waals surface area contributed by atoms with Crippen molar-refractivity contribution in [3.05, 3.63) is 41.6 Å². The molecule has 0 aliphatic heterocycles. The van der Waals surface area contributed by atoms with Gasteiger partial charge in [-0.2, -0.15) is 4.98 Å². The van der Waals surface area contributed by atoms with E-state index in [2.05, 4.69) is 24.5 Å². The molecule has 1 fully saturated rings. The summed E-state index contributed by atoms with van der Waals surface area (Å²) in [5.74, 6) is 1.07. The first kappa shape index (κ1) is 16.0. The number of benzene rings is 1. The maximum absolute atomic E-state index is 6.16. The molecule has 27 heavy (non-hydrogen) atoms. The zero-order valence-corrected chi connectivity index (χ0v) is 14.9. The zero-order valence-electron chi connectivity index (χ0n) is 14.2. The normalized spacial score (nSPS) is 14.0. The molecule has 0 atom stereocenters. The predicted octanol–water partition coefficient (Wildman–Crippen LogP) is 3.10. The highest BCUT2D eigenvalue weighted by Crippen LogP contribution is 2.42. The molecule has 3 aromatic heterocycles. The summed E-state index contributed by atoms with van der Waals surface area (Å²) in [4.78, 5) is 22.0. The number of nitrogen functional groups attached to an aromatic ring is 2. The number of halogens is 1. The van der Waals surface area contributed by atoms with Crippen LogP contribution in [0.2, 0.25) is 5.02 Å². The SMILES string of the molecule is Nc1nccc(-c2nc3c(-c4cccc(Cl)c4)nc(N)nc3n2C2CC2)n1. The summed E-state index contributed by atoms with van der Waals surface area (Å²) in [6.07, 6.45) is 3.72. The standard InChI is InChI=1S/C18H15ClN8/c19-10-3-1-2-9(8-10)13-14-16(26-18(21)25-13)27(11-4-5-11)15(24-14)12-6-7-22-17(20)23-12/h1-3,6-8,11H,4-5H2,(H2,20,22,23)(H2,21,25,26). The van der Waals surface area contributed by atoms with Crippen molar-refractivity contribution in [1.29, 1.82) is 0 Å². The van der Waals surface area contributed by atoms with E-state index >= 15 is 0 Å². The van der Waals surface area contributed by atoms with Crippen LogP contribution in [0.4, 0.5) is 11.9 Å². The van der Waals surface area contributed by atoms with E-state index < -0.39 is 0 Å². The van der Waals surface area contributed by atoms with Crippen molar-refractivity contribution in [2.75, 3.05) is 11.5 Å². The minimum atomic E-state index is 0.188. The Kier molecular flexibility index (Phi) is 3.48. The number of anilines is 2. The summed E-state index contributed by atoms with van der Waals surface area (Å²) in [6, 6.07) is 9.53. The smallest absolute Gasteiger partial charge is 0.222 e. The Labute approximate surface area is 159 Å². The third-order valence-electron chi connectivity index (χ3n) is 4.47. The molecule has 4 aromatic rings. The molecule has 1 saturated carbocycles. The fourth-order valence-electron chi connectivity index (χ4n) is 3.19. The second kappa shape index (κ2) is 5.88. The molecule has 1 aliphatic carbocycles. The highest BCUT2D eigenvalue weighted by atomic mass is 35.5. The molecule has 0 radical (unpaired) electrons. The van der Waals surface area contributed by atoms with Gasteiger partial charge in [0, 0.05) is 22.8 Å². The molecule has 134 valence electrons. The molecule has 4 N–H and O–H groups in total. The van der Waals surface area contributed by atoms with Gasteiger partial charge in [-0.25, -0.2) is 19.9 Å². The fraction of sp³-hybridized carbons (Fsp3) is 0.167. The quantitative estimate of drug-likeness (QED) is 0.561. The number of nitrogens with zero attached hydrogens (tertiary/aromatic N) is 6. The molecule has 0 saturated heterocycles. The van der Waals surface area contributed by atoms with Crippen LogP contribution in [0.5, 0.6) is 0 Å². The van der Waals surface area contributed by atoms with Gasteiger partial charge in [0.25, 0.3) is 0 Å². The van der Waals surface area contributed by atoms with Gasteiger partial charge in [-0.15, -0.1) is 0 Å². The van der Waals surface area contributed by atoms with Crippen molar-refractivity contribution in [1.82, 2.24) is 29.5 Å². The number of aromatic nitrogens is 6. The maximum Gasteiger partial charge on any atom is 0.222 e. The zero-order chi connectivity index (χ0) is 18.5. The minimum absolute atomic E-state index is 0.188. The van der Waals surface area contributed by atoms with Gasteiger partial charge in [-0.3, -0.25) is 0 Å². The monoisotopic (exact) mass is 378 g/mol. The van der Waals surface area contributed by atoms with E-state index in [1.807, 2.05) is 24.3 Å². The van der Waals surface area contributed by atoms with Crippen molar-refractivity contribution in [3.63, 3.8) is 0 Å². The molecule has 5 rings (SSSR count). The van der Waals surface area contributed by atoms with Gasteiger partial charge in [0.1, 0.15) is 16.9 Å². The first-order valence-electron chi connectivity index (χ1n) is 8.50. The first-order chi connectivity index (χ1) is 13.1. The predicted molar refractivity (Wildman–Crippen MR) is 104 cm³/mol. The van der Waals surface area contributed by atoms with Crippen molar-refractivity contribution in [3.8, 4) is 22.8 Å². The lowest BCUT2D eigenvalue weighted by Gasteiger charge is -2.07. The molecule has 1 aromatic carbocycles. The number of imidazole rings is 1. The summed E-state index contributed by atoms with van der Waals surface area (Å²) in [7, 11) is 0. The lowest BCUT2D eigenvalue weighted by molar-refractivity contribution is 0.763. The molecule has 8 nitrogen and oxygen atoms in total. The van der Waals surface area contributed by atoms with E-state index in [4.69, 9.17) is 28.1 Å². The number of hydrogen-bond acceptors (Lipinski definition) is 7. The van der Waals surface area contributed by atoms with Crippen LogP contribution in [0.1, 0.15) is 18.9 Å². The van der Waals surface area contributed by atoms with Gasteiger partial charge in [0.05, 0.1) is 0 Å². The van der Waals surface area contributed by atoms with Crippen LogP contribution in [0, 0.1) is 0 Å². The number of rotatable bonds is 3. The molecule has 0 bridgehead atoms. The topological polar surface area (TPSA) is 121 Å². The van der Waals surface area contributed by atoms with Crippen molar-refractivity contribution < 1.29 is 0 Å². The molecule has 0 spiro atoms. The summed E-state index contributed by atoms with van der Waals surface area (Å²) in [5.41, 5.74) is 15.2. The lowest BCUT2D eigenvalue weighted by atomic mass is 10.1. The maximum atomic E-state index is 6.16. The molecular weight excluding hydrogens is 364 g/mol. The summed E-state index contributed by atoms with van der Waals surface area (Å²) in [5, 5.41) is 0.614. The van der Waals surface area contributed by atoms with Gasteiger partial charge in [-0.05, 0) is 31.0 Å². The minimum Gasteiger partial charge on any atom is -0.368 e. The van der Waals surface area contributed by atoms with E-state index in [0.717, 1.165) is 18.4 Å². The lowest BCUT2D eigenvalue weighted by Crippen LogP contribution is -2.04. The summed E-state index contributed by atoms with van der Waals surface area (Å²) < 4.78 is 2.07. The third-order valence-corrected chi connectivity index (χ3v) is 4.71. The second-order valence-corrected chi connectivity index (χ2v) is 6.89. The first-order valence-corrected chi connectivity index (χ1v) is 8.88. The van der Waals surface area contributed by atoms with Crippen LogP contribution in [0.15, 0.2) is 36.5 Å². The van der Waals surface area contributed by atoms with Crippen LogP contribution in [0.25, 0.3) is 33.9 Å². The van der Waals surface area contributed by atoms with Crippen LogP contribution >= 0.6 is 11.6 Å². The Morgan fingerprint density at radius 2 is 1.85 bits per heavy atom. The molecule has 3 heterocycles. The average molecular weight is 379 g/mol. The highest BCUT2D eigenvalue weighted by molar-refractivity contribution is 6.30. The highest BCUT2D eigenvalue weighted by Gasteiger charge is 2.31. The van der Waals surface area contributed by atoms with E-state index in [-0.39, 0.29) is 11.9 Å². The summed E-state index contributed by atoms with van der Waals surface area (Å²) >= 11 is 6.16. The van der Waals surface area contributed by atoms with Crippen LogP contribution in [-0.2, 0) is 0 Å². The Morgan fingerprint density at radius 1 is 1.00 bits per heavy atom. The van der Waals surface area contributed by atoms with Gasteiger partial charge in [-0.1, -0.05) is 23.7 Å². The van der Waals surface area contributed by atoms with E-state index in [1.54, 1.807) is 12.3 Å². The van der Waals surface area contributed by atoms with E-state index in [9.17, 15) is 0 Å². The second-order valence-electron chi connectivity index (χ2n) is 6.45. The van der Waals surface area contributed by atoms with Crippen LogP contribution < -0.4 is 11.5 Å². The van der Waals surface area contributed by atoms with Gasteiger partial charge in [0.15, 0.2) is 11.5 Å². The van der Waals surface area contributed by atoms with Crippen molar-refractivity contribution in [2.45, 2.75) is 18.9 Å². The Hall–Kier alpha value is -3.26. The van der Waals surface area contributed by atoms with Crippen molar-refractivity contribution >= 4 is 34.7 Å². The van der Waals surface area contributed by atoms with Crippen LogP contribution in [0.3, 0.4) is 0 Å². The molecule has 0 unspecified atom stereocenters. The molecule has 9 heteroatoms. The van der Waals surface area contributed by atoms with E-state index in [1.165, 1.54) is 0 Å². The largest absolute Gasteiger partial charge is 0.368 e. The number of hydrogen-bond donors (Lipinski definition) is 2.